The Hall–Kier alpha value is -2.37. The lowest BCUT2D eigenvalue weighted by Gasteiger charge is -2.45. The lowest BCUT2D eigenvalue weighted by molar-refractivity contribution is 0.0472. The molecule has 0 spiro atoms. The number of nitrogens with one attached hydrogen (secondary N) is 1. The Bertz CT molecular complexity index is 814. The highest BCUT2D eigenvalue weighted by molar-refractivity contribution is 6.99. The number of carbonyl (C=O) groups excluding carboxylic acids is 1. The highest BCUT2D eigenvalue weighted by Crippen LogP contribution is 2.38. The Balaban J connectivity index is 2.49. The quantitative estimate of drug-likeness (QED) is 0.486. The largest absolute Gasteiger partial charge is 0.444 e. The van der Waals surface area contributed by atoms with Crippen molar-refractivity contribution in [2.24, 2.45) is 0 Å². The molecule has 5 heteroatoms. The summed E-state index contributed by atoms with van der Waals surface area (Å²) in [6, 6.07) is 20.6. The van der Waals surface area contributed by atoms with Gasteiger partial charge in [-0.15, -0.1) is 6.58 Å². The monoisotopic (exact) mass is 439 g/mol. The van der Waals surface area contributed by atoms with Crippen LogP contribution in [-0.2, 0) is 9.16 Å². The van der Waals surface area contributed by atoms with Crippen molar-refractivity contribution in [3.63, 3.8) is 0 Å². The van der Waals surface area contributed by atoms with E-state index in [2.05, 4.69) is 81.2 Å². The molecule has 0 bridgehead atoms. The summed E-state index contributed by atoms with van der Waals surface area (Å²) in [5.74, 6) is 0. The van der Waals surface area contributed by atoms with Crippen LogP contribution in [0.4, 0.5) is 4.79 Å². The summed E-state index contributed by atoms with van der Waals surface area (Å²) in [6.07, 6.45) is 0.929. The second kappa shape index (κ2) is 9.84. The molecule has 2 aromatic carbocycles. The van der Waals surface area contributed by atoms with Gasteiger partial charge in [0.05, 0.1) is 12.1 Å². The number of benzene rings is 2. The van der Waals surface area contributed by atoms with Gasteiger partial charge in [-0.2, -0.15) is 0 Å². The van der Waals surface area contributed by atoms with Crippen LogP contribution in [-0.4, -0.2) is 32.2 Å². The molecule has 1 N–H and O–H groups in total. The Labute approximate surface area is 188 Å². The van der Waals surface area contributed by atoms with Crippen LogP contribution in [0.3, 0.4) is 0 Å². The number of carbonyl (C=O) groups is 1. The standard InChI is InChI=1S/C26H37NO3Si/c1-9-23(20(2)27-24(28)29-25(3,4)5)30-31(26(6,7)8,21-16-12-10-13-17-21)22-18-14-11-15-19-22/h9-20,23H,1H2,2-8H3,(H,27,28)/t20-,23+/m0/s1. The molecule has 0 fully saturated rings. The van der Waals surface area contributed by atoms with Gasteiger partial charge in [0.1, 0.15) is 5.60 Å². The van der Waals surface area contributed by atoms with Crippen LogP contribution in [0, 0.1) is 0 Å². The maximum atomic E-state index is 12.4. The summed E-state index contributed by atoms with van der Waals surface area (Å²) in [7, 11) is -2.76. The molecule has 0 unspecified atom stereocenters. The fourth-order valence-corrected chi connectivity index (χ4v) is 8.55. The summed E-state index contributed by atoms with van der Waals surface area (Å²) in [6.45, 7) is 18.2. The van der Waals surface area contributed by atoms with Crippen LogP contribution in [0.25, 0.3) is 0 Å². The minimum atomic E-state index is -2.76. The van der Waals surface area contributed by atoms with E-state index < -0.39 is 20.0 Å². The van der Waals surface area contributed by atoms with E-state index in [4.69, 9.17) is 9.16 Å². The molecule has 1 amide bonds. The third-order valence-electron chi connectivity index (χ3n) is 5.20. The molecule has 2 atom stereocenters. The lowest BCUT2D eigenvalue weighted by Crippen LogP contribution is -2.68. The van der Waals surface area contributed by atoms with Crippen molar-refractivity contribution in [1.29, 1.82) is 0 Å². The summed E-state index contributed by atoms with van der Waals surface area (Å²) in [5.41, 5.74) is -0.563. The molecular weight excluding hydrogens is 402 g/mol. The first-order valence-electron chi connectivity index (χ1n) is 10.8. The van der Waals surface area contributed by atoms with E-state index in [1.165, 1.54) is 10.4 Å². The number of amides is 1. The molecule has 0 radical (unpaired) electrons. The maximum absolute atomic E-state index is 12.4. The molecule has 0 aliphatic heterocycles. The van der Waals surface area contributed by atoms with E-state index in [0.29, 0.717) is 0 Å². The molecule has 0 aliphatic carbocycles. The number of rotatable bonds is 7. The molecule has 2 aromatic rings. The molecule has 0 saturated heterocycles. The van der Waals surface area contributed by atoms with Gasteiger partial charge in [0.15, 0.2) is 0 Å². The second-order valence-corrected chi connectivity index (χ2v) is 14.2. The minimum absolute atomic E-state index is 0.164. The van der Waals surface area contributed by atoms with Gasteiger partial charge in [-0.3, -0.25) is 0 Å². The van der Waals surface area contributed by atoms with Gasteiger partial charge in [-0.25, -0.2) is 4.79 Å². The zero-order valence-electron chi connectivity index (χ0n) is 19.9. The SMILES string of the molecule is C=C[C@@H](O[Si](c1ccccc1)(c1ccccc1)C(C)(C)C)[C@H](C)NC(=O)OC(C)(C)C. The Kier molecular flexibility index (Phi) is 7.90. The molecule has 2 rings (SSSR count). The molecule has 0 heterocycles. The smallest absolute Gasteiger partial charge is 0.407 e. The normalized spacial score (nSPS) is 14.4. The zero-order chi connectivity index (χ0) is 23.3. The molecule has 0 aromatic heterocycles. The van der Waals surface area contributed by atoms with Crippen molar-refractivity contribution in [3.8, 4) is 0 Å². The third kappa shape index (κ3) is 6.08. The van der Waals surface area contributed by atoms with E-state index in [1.54, 1.807) is 6.08 Å². The first-order valence-corrected chi connectivity index (χ1v) is 12.7. The van der Waals surface area contributed by atoms with E-state index in [-0.39, 0.29) is 17.2 Å². The summed E-state index contributed by atoms with van der Waals surface area (Å²) in [4.78, 5) is 12.4. The van der Waals surface area contributed by atoms with Gasteiger partial charge < -0.3 is 14.5 Å². The van der Waals surface area contributed by atoms with E-state index in [1.807, 2.05) is 39.8 Å². The number of hydrogen-bond donors (Lipinski definition) is 1. The Morgan fingerprint density at radius 3 is 1.74 bits per heavy atom. The maximum Gasteiger partial charge on any atom is 0.407 e. The predicted octanol–water partition coefficient (Wildman–Crippen LogP) is 5.03. The summed E-state index contributed by atoms with van der Waals surface area (Å²) < 4.78 is 12.5. The van der Waals surface area contributed by atoms with Crippen molar-refractivity contribution < 1.29 is 14.0 Å². The molecule has 0 aliphatic rings. The van der Waals surface area contributed by atoms with Crippen molar-refractivity contribution in [2.75, 3.05) is 0 Å². The Morgan fingerprint density at radius 1 is 0.935 bits per heavy atom. The van der Waals surface area contributed by atoms with Gasteiger partial charge in [-0.05, 0) is 43.1 Å². The van der Waals surface area contributed by atoms with Crippen molar-refractivity contribution in [3.05, 3.63) is 73.3 Å². The molecule has 0 saturated carbocycles. The summed E-state index contributed by atoms with van der Waals surface area (Å²) >= 11 is 0. The highest BCUT2D eigenvalue weighted by Gasteiger charge is 2.51. The van der Waals surface area contributed by atoms with Crippen LogP contribution in [0.5, 0.6) is 0 Å². The third-order valence-corrected chi connectivity index (χ3v) is 10.2. The number of ether oxygens (including phenoxy) is 1. The summed E-state index contributed by atoms with van der Waals surface area (Å²) in [5, 5.41) is 5.14. The van der Waals surface area contributed by atoms with Gasteiger partial charge >= 0.3 is 6.09 Å². The van der Waals surface area contributed by atoms with Gasteiger partial charge in [0, 0.05) is 0 Å². The highest BCUT2D eigenvalue weighted by atomic mass is 28.4. The van der Waals surface area contributed by atoms with Gasteiger partial charge in [-0.1, -0.05) is 87.5 Å². The van der Waals surface area contributed by atoms with Crippen LogP contribution >= 0.6 is 0 Å². The van der Waals surface area contributed by atoms with Gasteiger partial charge in [0.25, 0.3) is 8.32 Å². The van der Waals surface area contributed by atoms with Crippen molar-refractivity contribution in [1.82, 2.24) is 5.32 Å². The van der Waals surface area contributed by atoms with Gasteiger partial charge in [0.2, 0.25) is 0 Å². The Morgan fingerprint density at radius 2 is 1.39 bits per heavy atom. The predicted molar refractivity (Wildman–Crippen MR) is 132 cm³/mol. The topological polar surface area (TPSA) is 47.6 Å². The van der Waals surface area contributed by atoms with E-state index >= 15 is 0 Å². The molecular formula is C26H37NO3Si. The average molecular weight is 440 g/mol. The first kappa shape index (κ1) is 24.9. The van der Waals surface area contributed by atoms with Crippen LogP contribution in [0.1, 0.15) is 48.5 Å². The number of alkyl carbamates (subject to hydrolysis) is 1. The fraction of sp³-hybridized carbons (Fsp3) is 0.423. The van der Waals surface area contributed by atoms with Crippen LogP contribution in [0.15, 0.2) is 73.3 Å². The lowest BCUT2D eigenvalue weighted by atomic mass is 10.2. The molecule has 4 nitrogen and oxygen atoms in total. The second-order valence-electron chi connectivity index (χ2n) is 9.92. The molecule has 31 heavy (non-hydrogen) atoms. The average Bonchev–Trinajstić information content (AvgIpc) is 2.67. The van der Waals surface area contributed by atoms with Crippen LogP contribution in [0.2, 0.25) is 5.04 Å². The first-order chi connectivity index (χ1) is 14.4. The fourth-order valence-electron chi connectivity index (χ4n) is 3.83. The van der Waals surface area contributed by atoms with Crippen molar-refractivity contribution in [2.45, 2.75) is 71.3 Å². The van der Waals surface area contributed by atoms with Crippen molar-refractivity contribution >= 4 is 24.8 Å². The van der Waals surface area contributed by atoms with E-state index in [0.717, 1.165) is 0 Å². The minimum Gasteiger partial charge on any atom is -0.444 e. The molecule has 168 valence electrons. The number of hydrogen-bond acceptors (Lipinski definition) is 3. The zero-order valence-corrected chi connectivity index (χ0v) is 20.9. The van der Waals surface area contributed by atoms with Crippen LogP contribution < -0.4 is 15.7 Å². The van der Waals surface area contributed by atoms with E-state index in [9.17, 15) is 4.79 Å².